The Kier molecular flexibility index (Phi) is 9.40. The quantitative estimate of drug-likeness (QED) is 0.387. The van der Waals surface area contributed by atoms with Crippen LogP contribution in [0.1, 0.15) is 77.2 Å². The van der Waals surface area contributed by atoms with Gasteiger partial charge < -0.3 is 0 Å². The van der Waals surface area contributed by atoms with Crippen LogP contribution in [0.4, 0.5) is 0 Å². The van der Waals surface area contributed by atoms with E-state index in [1.165, 1.54) is 76.3 Å². The van der Waals surface area contributed by atoms with E-state index in [-0.39, 0.29) is 0 Å². The molecule has 0 fully saturated rings. The van der Waals surface area contributed by atoms with E-state index >= 15 is 0 Å². The predicted octanol–water partition coefficient (Wildman–Crippen LogP) is 5.07. The fourth-order valence-corrected chi connectivity index (χ4v) is 2.44. The molecule has 1 heterocycles. The normalized spacial score (nSPS) is 10.8. The van der Waals surface area contributed by atoms with Crippen molar-refractivity contribution in [3.8, 4) is 0 Å². The molecule has 0 amide bonds. The zero-order valence-electron chi connectivity index (χ0n) is 13.0. The number of aryl methyl sites for hydroxylation is 2. The van der Waals surface area contributed by atoms with E-state index in [1.54, 1.807) is 0 Å². The summed E-state index contributed by atoms with van der Waals surface area (Å²) in [6.07, 6.45) is 18.1. The maximum atomic E-state index is 2.33. The van der Waals surface area contributed by atoms with E-state index in [9.17, 15) is 0 Å². The summed E-state index contributed by atoms with van der Waals surface area (Å²) in [4.78, 5) is 0. The smallest absolute Gasteiger partial charge is 0.169 e. The number of pyridine rings is 1. The number of nitrogens with zero attached hydrogens (tertiary/aromatic N) is 1. The van der Waals surface area contributed by atoms with Crippen LogP contribution in [0.5, 0.6) is 0 Å². The Labute approximate surface area is 120 Å². The molecule has 0 N–H and O–H groups in total. The van der Waals surface area contributed by atoms with Crippen LogP contribution >= 0.6 is 0 Å². The average Bonchev–Trinajstić information content (AvgIpc) is 2.45. The summed E-state index contributed by atoms with van der Waals surface area (Å²) >= 11 is 0. The van der Waals surface area contributed by atoms with Crippen molar-refractivity contribution in [1.29, 1.82) is 0 Å². The first-order valence-corrected chi connectivity index (χ1v) is 8.34. The molecule has 1 nitrogen and oxygen atoms in total. The molecule has 0 aliphatic rings. The van der Waals surface area contributed by atoms with Gasteiger partial charge in [-0.05, 0) is 24.8 Å². The minimum Gasteiger partial charge on any atom is -0.205 e. The van der Waals surface area contributed by atoms with Crippen molar-refractivity contribution in [2.75, 3.05) is 0 Å². The van der Waals surface area contributed by atoms with E-state index in [2.05, 4.69) is 42.9 Å². The van der Waals surface area contributed by atoms with Crippen LogP contribution in [-0.4, -0.2) is 0 Å². The predicted molar refractivity (Wildman–Crippen MR) is 83.2 cm³/mol. The molecule has 19 heavy (non-hydrogen) atoms. The Morgan fingerprint density at radius 2 is 1.32 bits per heavy atom. The standard InChI is InChI=1S/C18H32N/c1-3-5-7-8-9-10-11-15-19-16-13-18(14-17-19)12-6-4-2/h13-14,16-17H,3-12,15H2,1-2H3/q+1. The fourth-order valence-electron chi connectivity index (χ4n) is 2.44. The Morgan fingerprint density at radius 1 is 0.737 bits per heavy atom. The molecule has 0 aliphatic heterocycles. The van der Waals surface area contributed by atoms with Gasteiger partial charge >= 0.3 is 0 Å². The minimum atomic E-state index is 1.18. The first kappa shape index (κ1) is 16.2. The second-order valence-corrected chi connectivity index (χ2v) is 5.67. The Morgan fingerprint density at radius 3 is 1.95 bits per heavy atom. The number of aromatic nitrogens is 1. The lowest BCUT2D eigenvalue weighted by atomic mass is 10.1. The summed E-state index contributed by atoms with van der Waals surface area (Å²) in [5.74, 6) is 0. The third-order valence-electron chi connectivity index (χ3n) is 3.80. The molecule has 0 unspecified atom stereocenters. The number of hydrogen-bond donors (Lipinski definition) is 0. The lowest BCUT2D eigenvalue weighted by molar-refractivity contribution is -0.697. The molecule has 0 saturated carbocycles. The Hall–Kier alpha value is -0.850. The van der Waals surface area contributed by atoms with Gasteiger partial charge in [0, 0.05) is 18.6 Å². The SMILES string of the molecule is CCCCCCCCC[n+]1ccc(CCCC)cc1. The first-order chi connectivity index (χ1) is 9.36. The monoisotopic (exact) mass is 262 g/mol. The van der Waals surface area contributed by atoms with Crippen molar-refractivity contribution < 1.29 is 4.57 Å². The number of rotatable bonds is 11. The first-order valence-electron chi connectivity index (χ1n) is 8.34. The molecule has 0 spiro atoms. The van der Waals surface area contributed by atoms with Gasteiger partial charge in [0.05, 0.1) is 0 Å². The molecule has 1 aromatic heterocycles. The van der Waals surface area contributed by atoms with Crippen molar-refractivity contribution in [1.82, 2.24) is 0 Å². The molecular weight excluding hydrogens is 230 g/mol. The molecule has 1 rings (SSSR count). The van der Waals surface area contributed by atoms with Gasteiger partial charge in [-0.25, -0.2) is 4.57 Å². The van der Waals surface area contributed by atoms with Gasteiger partial charge in [0.15, 0.2) is 12.4 Å². The van der Waals surface area contributed by atoms with Crippen LogP contribution < -0.4 is 4.57 Å². The lowest BCUT2D eigenvalue weighted by Crippen LogP contribution is -2.32. The van der Waals surface area contributed by atoms with Crippen molar-refractivity contribution in [3.63, 3.8) is 0 Å². The van der Waals surface area contributed by atoms with E-state index in [1.807, 2.05) is 0 Å². The molecule has 0 radical (unpaired) electrons. The highest BCUT2D eigenvalue weighted by atomic mass is 14.9. The second kappa shape index (κ2) is 11.0. The molecule has 108 valence electrons. The van der Waals surface area contributed by atoms with E-state index in [0.717, 1.165) is 0 Å². The molecule has 0 bridgehead atoms. The van der Waals surface area contributed by atoms with Gasteiger partial charge in [-0.3, -0.25) is 0 Å². The second-order valence-electron chi connectivity index (χ2n) is 5.67. The summed E-state index contributed by atoms with van der Waals surface area (Å²) in [7, 11) is 0. The highest BCUT2D eigenvalue weighted by molar-refractivity contribution is 5.06. The van der Waals surface area contributed by atoms with Gasteiger partial charge in [0.25, 0.3) is 0 Å². The molecule has 1 aromatic rings. The van der Waals surface area contributed by atoms with E-state index in [4.69, 9.17) is 0 Å². The largest absolute Gasteiger partial charge is 0.205 e. The Balaban J connectivity index is 2.09. The van der Waals surface area contributed by atoms with E-state index in [0.29, 0.717) is 0 Å². The molecule has 0 atom stereocenters. The maximum Gasteiger partial charge on any atom is 0.169 e. The molecular formula is C18H32N+. The number of unbranched alkanes of at least 4 members (excludes halogenated alkanes) is 7. The van der Waals surface area contributed by atoms with Crippen LogP contribution in [0, 0.1) is 0 Å². The van der Waals surface area contributed by atoms with Crippen molar-refractivity contribution in [2.45, 2.75) is 84.6 Å². The van der Waals surface area contributed by atoms with E-state index < -0.39 is 0 Å². The van der Waals surface area contributed by atoms with Gasteiger partial charge in [0.1, 0.15) is 6.54 Å². The van der Waals surface area contributed by atoms with Gasteiger partial charge in [-0.1, -0.05) is 52.4 Å². The average molecular weight is 262 g/mol. The minimum absolute atomic E-state index is 1.18. The van der Waals surface area contributed by atoms with Crippen LogP contribution in [0.2, 0.25) is 0 Å². The zero-order valence-corrected chi connectivity index (χ0v) is 13.0. The van der Waals surface area contributed by atoms with Crippen molar-refractivity contribution in [2.24, 2.45) is 0 Å². The Bertz CT molecular complexity index is 302. The van der Waals surface area contributed by atoms with Gasteiger partial charge in [0.2, 0.25) is 0 Å². The summed E-state index contributed by atoms with van der Waals surface area (Å²) in [6, 6.07) is 4.58. The highest BCUT2D eigenvalue weighted by Crippen LogP contribution is 2.07. The number of hydrogen-bond acceptors (Lipinski definition) is 0. The van der Waals surface area contributed by atoms with Gasteiger partial charge in [-0.15, -0.1) is 0 Å². The summed E-state index contributed by atoms with van der Waals surface area (Å²) in [5, 5.41) is 0. The summed E-state index contributed by atoms with van der Waals surface area (Å²) < 4.78 is 2.33. The molecule has 0 saturated heterocycles. The van der Waals surface area contributed by atoms with Gasteiger partial charge in [-0.2, -0.15) is 0 Å². The fraction of sp³-hybridized carbons (Fsp3) is 0.722. The highest BCUT2D eigenvalue weighted by Gasteiger charge is 2.00. The van der Waals surface area contributed by atoms with Crippen LogP contribution in [0.15, 0.2) is 24.5 Å². The molecule has 1 heteroatoms. The molecule has 0 aromatic carbocycles. The third kappa shape index (κ3) is 8.02. The van der Waals surface area contributed by atoms with Crippen LogP contribution in [0.25, 0.3) is 0 Å². The summed E-state index contributed by atoms with van der Waals surface area (Å²) in [6.45, 7) is 5.71. The topological polar surface area (TPSA) is 3.88 Å². The third-order valence-corrected chi connectivity index (χ3v) is 3.80. The lowest BCUT2D eigenvalue weighted by Gasteiger charge is -2.01. The zero-order chi connectivity index (χ0) is 13.8. The van der Waals surface area contributed by atoms with Crippen LogP contribution in [-0.2, 0) is 13.0 Å². The van der Waals surface area contributed by atoms with Crippen molar-refractivity contribution >= 4 is 0 Å². The van der Waals surface area contributed by atoms with Crippen molar-refractivity contribution in [3.05, 3.63) is 30.1 Å². The molecule has 0 aliphatic carbocycles. The van der Waals surface area contributed by atoms with Crippen LogP contribution in [0.3, 0.4) is 0 Å². The maximum absolute atomic E-state index is 2.33. The summed E-state index contributed by atoms with van der Waals surface area (Å²) in [5.41, 5.74) is 1.48.